The lowest BCUT2D eigenvalue weighted by Gasteiger charge is -2.11. The second kappa shape index (κ2) is 5.05. The van der Waals surface area contributed by atoms with Crippen LogP contribution in [0.25, 0.3) is 0 Å². The van der Waals surface area contributed by atoms with E-state index in [9.17, 15) is 0 Å². The molecule has 70 valence electrons. The van der Waals surface area contributed by atoms with Gasteiger partial charge in [-0.25, -0.2) is 0 Å². The van der Waals surface area contributed by atoms with Gasteiger partial charge in [0.1, 0.15) is 0 Å². The van der Waals surface area contributed by atoms with Crippen LogP contribution in [0.5, 0.6) is 0 Å². The monoisotopic (exact) mass is 195 g/mol. The maximum absolute atomic E-state index is 5.99. The van der Waals surface area contributed by atoms with E-state index in [1.54, 1.807) is 0 Å². The van der Waals surface area contributed by atoms with Gasteiger partial charge >= 0.3 is 0 Å². The number of halogens is 1. The minimum absolute atomic E-state index is 0.0201. The lowest BCUT2D eigenvalue weighted by molar-refractivity contribution is 0.662. The molecule has 0 radical (unpaired) electrons. The van der Waals surface area contributed by atoms with E-state index in [4.69, 9.17) is 17.3 Å². The van der Waals surface area contributed by atoms with Crippen LogP contribution >= 0.6 is 11.6 Å². The highest BCUT2D eigenvalue weighted by atomic mass is 35.5. The third kappa shape index (κ3) is 2.87. The van der Waals surface area contributed by atoms with E-state index < -0.39 is 0 Å². The average Bonchev–Trinajstić information content (AvgIpc) is 2.15. The van der Waals surface area contributed by atoms with Crippen molar-refractivity contribution in [2.45, 2.75) is 18.9 Å². The third-order valence-corrected chi connectivity index (χ3v) is 2.33. The molecule has 0 spiro atoms. The Labute approximate surface area is 84.2 Å². The zero-order chi connectivity index (χ0) is 9.68. The fraction of sp³-hybridized carbons (Fsp3) is 0.273. The summed E-state index contributed by atoms with van der Waals surface area (Å²) in [5.41, 5.74) is 6.97. The van der Waals surface area contributed by atoms with Crippen LogP contribution in [0.2, 0.25) is 5.02 Å². The summed E-state index contributed by atoms with van der Waals surface area (Å²) in [6.45, 7) is 3.66. The lowest BCUT2D eigenvalue weighted by Crippen LogP contribution is -2.10. The van der Waals surface area contributed by atoms with Crippen molar-refractivity contribution in [2.24, 2.45) is 5.73 Å². The molecule has 0 fully saturated rings. The van der Waals surface area contributed by atoms with Crippen molar-refractivity contribution in [1.29, 1.82) is 0 Å². The molecule has 0 aliphatic rings. The van der Waals surface area contributed by atoms with E-state index in [0.29, 0.717) is 0 Å². The minimum Gasteiger partial charge on any atom is -0.324 e. The summed E-state index contributed by atoms with van der Waals surface area (Å²) in [5.74, 6) is 0. The number of nitrogens with two attached hydrogens (primary N) is 1. The number of hydrogen-bond acceptors (Lipinski definition) is 1. The first kappa shape index (κ1) is 10.3. The first-order chi connectivity index (χ1) is 6.25. The zero-order valence-electron chi connectivity index (χ0n) is 7.54. The van der Waals surface area contributed by atoms with E-state index in [1.165, 1.54) is 0 Å². The van der Waals surface area contributed by atoms with Crippen molar-refractivity contribution in [3.63, 3.8) is 0 Å². The van der Waals surface area contributed by atoms with Gasteiger partial charge in [-0.15, -0.1) is 6.58 Å². The first-order valence-corrected chi connectivity index (χ1v) is 4.74. The Bertz CT molecular complexity index is 283. The molecule has 1 unspecified atom stereocenters. The average molecular weight is 196 g/mol. The number of rotatable bonds is 4. The van der Waals surface area contributed by atoms with E-state index >= 15 is 0 Å². The first-order valence-electron chi connectivity index (χ1n) is 4.36. The topological polar surface area (TPSA) is 26.0 Å². The Balaban J connectivity index is 2.70. The van der Waals surface area contributed by atoms with Gasteiger partial charge in [-0.1, -0.05) is 35.9 Å². The van der Waals surface area contributed by atoms with Gasteiger partial charge in [0, 0.05) is 11.1 Å². The lowest BCUT2D eigenvalue weighted by atomic mass is 10.0. The smallest absolute Gasteiger partial charge is 0.0453 e. The highest BCUT2D eigenvalue weighted by molar-refractivity contribution is 6.31. The molecular formula is C11H14ClN. The molecule has 13 heavy (non-hydrogen) atoms. The van der Waals surface area contributed by atoms with Crippen LogP contribution < -0.4 is 5.73 Å². The van der Waals surface area contributed by atoms with E-state index in [2.05, 4.69) is 6.58 Å². The van der Waals surface area contributed by atoms with E-state index in [-0.39, 0.29) is 6.04 Å². The summed E-state index contributed by atoms with van der Waals surface area (Å²) in [7, 11) is 0. The Hall–Kier alpha value is -0.790. The number of benzene rings is 1. The Kier molecular flexibility index (Phi) is 4.00. The molecule has 2 N–H and O–H groups in total. The Morgan fingerprint density at radius 3 is 2.77 bits per heavy atom. The molecule has 1 aromatic carbocycles. The van der Waals surface area contributed by atoms with Crippen molar-refractivity contribution in [2.75, 3.05) is 0 Å². The molecule has 2 heteroatoms. The highest BCUT2D eigenvalue weighted by Gasteiger charge is 2.07. The van der Waals surface area contributed by atoms with Gasteiger partial charge in [-0.05, 0) is 24.5 Å². The quantitative estimate of drug-likeness (QED) is 0.733. The SMILES string of the molecule is C=CCCC(N)c1ccccc1Cl. The number of allylic oxidation sites excluding steroid dienone is 1. The van der Waals surface area contributed by atoms with Crippen LogP contribution in [-0.2, 0) is 0 Å². The summed E-state index contributed by atoms with van der Waals surface area (Å²) in [5, 5.41) is 0.749. The van der Waals surface area contributed by atoms with Gasteiger partial charge in [0.2, 0.25) is 0 Å². The van der Waals surface area contributed by atoms with Gasteiger partial charge in [-0.2, -0.15) is 0 Å². The standard InChI is InChI=1S/C11H14ClN/c1-2-3-8-11(13)9-6-4-5-7-10(9)12/h2,4-7,11H,1,3,8,13H2. The normalized spacial score (nSPS) is 12.5. The maximum atomic E-state index is 5.99. The van der Waals surface area contributed by atoms with Crippen molar-refractivity contribution >= 4 is 11.6 Å². The van der Waals surface area contributed by atoms with Gasteiger partial charge in [0.15, 0.2) is 0 Å². The van der Waals surface area contributed by atoms with E-state index in [1.807, 2.05) is 30.3 Å². The second-order valence-corrected chi connectivity index (χ2v) is 3.40. The molecule has 0 amide bonds. The fourth-order valence-electron chi connectivity index (χ4n) is 1.23. The van der Waals surface area contributed by atoms with Gasteiger partial charge in [-0.3, -0.25) is 0 Å². The third-order valence-electron chi connectivity index (χ3n) is 1.99. The van der Waals surface area contributed by atoms with Gasteiger partial charge in [0.25, 0.3) is 0 Å². The summed E-state index contributed by atoms with van der Waals surface area (Å²) in [6.07, 6.45) is 3.69. The van der Waals surface area contributed by atoms with Crippen LogP contribution in [0, 0.1) is 0 Å². The molecule has 0 saturated heterocycles. The van der Waals surface area contributed by atoms with Crippen LogP contribution in [-0.4, -0.2) is 0 Å². The van der Waals surface area contributed by atoms with Crippen LogP contribution in [0.15, 0.2) is 36.9 Å². The summed E-state index contributed by atoms with van der Waals surface area (Å²) >= 11 is 5.99. The zero-order valence-corrected chi connectivity index (χ0v) is 8.30. The molecule has 0 aliphatic heterocycles. The fourth-order valence-corrected chi connectivity index (χ4v) is 1.50. The summed E-state index contributed by atoms with van der Waals surface area (Å²) in [4.78, 5) is 0. The summed E-state index contributed by atoms with van der Waals surface area (Å²) < 4.78 is 0. The van der Waals surface area contributed by atoms with Gasteiger partial charge < -0.3 is 5.73 Å². The molecule has 0 aromatic heterocycles. The molecule has 1 atom stereocenters. The molecule has 1 nitrogen and oxygen atoms in total. The Morgan fingerprint density at radius 2 is 2.15 bits per heavy atom. The minimum atomic E-state index is 0.0201. The summed E-state index contributed by atoms with van der Waals surface area (Å²) in [6, 6.07) is 7.72. The Morgan fingerprint density at radius 1 is 1.46 bits per heavy atom. The molecule has 1 aromatic rings. The number of hydrogen-bond donors (Lipinski definition) is 1. The van der Waals surface area contributed by atoms with Crippen molar-refractivity contribution in [3.8, 4) is 0 Å². The van der Waals surface area contributed by atoms with Crippen molar-refractivity contribution < 1.29 is 0 Å². The largest absolute Gasteiger partial charge is 0.324 e. The van der Waals surface area contributed by atoms with E-state index in [0.717, 1.165) is 23.4 Å². The van der Waals surface area contributed by atoms with Crippen molar-refractivity contribution in [3.05, 3.63) is 47.5 Å². The molecule has 0 aliphatic carbocycles. The predicted octanol–water partition coefficient (Wildman–Crippen LogP) is 3.31. The highest BCUT2D eigenvalue weighted by Crippen LogP contribution is 2.23. The van der Waals surface area contributed by atoms with Crippen LogP contribution in [0.1, 0.15) is 24.4 Å². The second-order valence-electron chi connectivity index (χ2n) is 2.99. The molecule has 0 heterocycles. The molecular weight excluding hydrogens is 182 g/mol. The van der Waals surface area contributed by atoms with Crippen LogP contribution in [0.3, 0.4) is 0 Å². The van der Waals surface area contributed by atoms with Crippen LogP contribution in [0.4, 0.5) is 0 Å². The predicted molar refractivity (Wildman–Crippen MR) is 57.8 cm³/mol. The van der Waals surface area contributed by atoms with Crippen molar-refractivity contribution in [1.82, 2.24) is 0 Å². The molecule has 0 saturated carbocycles. The van der Waals surface area contributed by atoms with Gasteiger partial charge in [0.05, 0.1) is 0 Å². The molecule has 1 rings (SSSR count). The molecule has 0 bridgehead atoms. The maximum Gasteiger partial charge on any atom is 0.0453 e.